The highest BCUT2D eigenvalue weighted by atomic mass is 15.4. The zero-order valence-corrected chi connectivity index (χ0v) is 23.0. The third kappa shape index (κ3) is 3.92. The van der Waals surface area contributed by atoms with E-state index in [1.807, 2.05) is 77.2 Å². The van der Waals surface area contributed by atoms with Gasteiger partial charge in [0.1, 0.15) is 5.82 Å². The van der Waals surface area contributed by atoms with E-state index in [1.165, 1.54) is 10.8 Å². The van der Waals surface area contributed by atoms with E-state index < -0.39 is 0 Å². The van der Waals surface area contributed by atoms with Gasteiger partial charge in [-0.05, 0) is 30.3 Å². The van der Waals surface area contributed by atoms with Crippen LogP contribution < -0.4 is 0 Å². The van der Waals surface area contributed by atoms with Gasteiger partial charge in [0.05, 0.1) is 16.7 Å². The molecule has 0 aliphatic carbocycles. The van der Waals surface area contributed by atoms with Crippen LogP contribution in [0, 0.1) is 0 Å². The Kier molecular flexibility index (Phi) is 5.57. The maximum absolute atomic E-state index is 5.03. The molecular formula is C36H26N6. The molecule has 0 aliphatic rings. The fourth-order valence-corrected chi connectivity index (χ4v) is 5.77. The average molecular weight is 543 g/mol. The van der Waals surface area contributed by atoms with Crippen LogP contribution in [0.3, 0.4) is 0 Å². The molecule has 0 radical (unpaired) electrons. The Bertz CT molecular complexity index is 2200. The first kappa shape index (κ1) is 24.1. The molecule has 8 rings (SSSR count). The number of hydrogen-bond acceptors (Lipinski definition) is 3. The molecule has 0 bridgehead atoms. The molecule has 8 aromatic rings. The monoisotopic (exact) mass is 542 g/mol. The summed E-state index contributed by atoms with van der Waals surface area (Å²) in [6, 6.07) is 44.1. The summed E-state index contributed by atoms with van der Waals surface area (Å²) in [5.74, 6) is 2.42. The second-order valence-corrected chi connectivity index (χ2v) is 10.4. The number of rotatable bonds is 5. The highest BCUT2D eigenvalue weighted by molar-refractivity contribution is 6.09. The topological polar surface area (TPSA) is 53.5 Å². The zero-order valence-electron chi connectivity index (χ0n) is 23.0. The smallest absolute Gasteiger partial charge is 0.182 e. The van der Waals surface area contributed by atoms with E-state index in [2.05, 4.69) is 88.4 Å². The van der Waals surface area contributed by atoms with Crippen molar-refractivity contribution < 1.29 is 0 Å². The van der Waals surface area contributed by atoms with Crippen LogP contribution in [0.25, 0.3) is 67.3 Å². The van der Waals surface area contributed by atoms with Crippen LogP contribution in [0.5, 0.6) is 0 Å². The van der Waals surface area contributed by atoms with Gasteiger partial charge in [0, 0.05) is 52.6 Å². The van der Waals surface area contributed by atoms with Crippen molar-refractivity contribution in [1.29, 1.82) is 0 Å². The Hall–Kier alpha value is -5.75. The predicted molar refractivity (Wildman–Crippen MR) is 169 cm³/mol. The van der Waals surface area contributed by atoms with Gasteiger partial charge in [0.15, 0.2) is 11.6 Å². The molecule has 0 saturated carbocycles. The van der Waals surface area contributed by atoms with Crippen LogP contribution in [0.1, 0.15) is 0 Å². The van der Waals surface area contributed by atoms with Crippen LogP contribution >= 0.6 is 0 Å². The first-order valence-corrected chi connectivity index (χ1v) is 13.9. The minimum atomic E-state index is 0.692. The lowest BCUT2D eigenvalue weighted by Gasteiger charge is -2.11. The first-order chi connectivity index (χ1) is 20.7. The van der Waals surface area contributed by atoms with Gasteiger partial charge in [-0.3, -0.25) is 0 Å². The summed E-state index contributed by atoms with van der Waals surface area (Å²) >= 11 is 0. The van der Waals surface area contributed by atoms with Gasteiger partial charge < -0.3 is 9.13 Å². The maximum atomic E-state index is 5.03. The fraction of sp³-hybridized carbons (Fsp3) is 0.0278. The molecule has 42 heavy (non-hydrogen) atoms. The molecule has 0 amide bonds. The number of para-hydroxylation sites is 1. The van der Waals surface area contributed by atoms with E-state index in [4.69, 9.17) is 10.1 Å². The molecule has 0 spiro atoms. The molecule has 3 heterocycles. The van der Waals surface area contributed by atoms with E-state index in [0.717, 1.165) is 50.7 Å². The number of imidazole rings is 1. The standard InChI is InChI=1S/C36H26N6/c1-40-22-21-37-35(40)27-15-10-16-28(23-27)41-32-18-9-8-17-30(32)31-20-19-29(24-33(31)41)42-36(26-13-6-3-7-14-26)38-34(39-42)25-11-4-2-5-12-25/h2-24H,1H3. The van der Waals surface area contributed by atoms with E-state index in [0.29, 0.717) is 5.82 Å². The minimum Gasteiger partial charge on any atom is -0.334 e. The molecule has 3 aromatic heterocycles. The van der Waals surface area contributed by atoms with Crippen molar-refractivity contribution in [2.24, 2.45) is 7.05 Å². The highest BCUT2D eigenvalue weighted by Gasteiger charge is 2.18. The molecule has 5 aromatic carbocycles. The molecule has 200 valence electrons. The van der Waals surface area contributed by atoms with Crippen molar-refractivity contribution >= 4 is 21.8 Å². The van der Waals surface area contributed by atoms with Crippen LogP contribution in [0.4, 0.5) is 0 Å². The molecule has 6 nitrogen and oxygen atoms in total. The van der Waals surface area contributed by atoms with Crippen molar-refractivity contribution in [3.05, 3.63) is 140 Å². The average Bonchev–Trinajstić information content (AvgIpc) is 3.77. The van der Waals surface area contributed by atoms with Crippen LogP contribution in [0.2, 0.25) is 0 Å². The van der Waals surface area contributed by atoms with Gasteiger partial charge in [-0.1, -0.05) is 97.1 Å². The van der Waals surface area contributed by atoms with Crippen molar-refractivity contribution in [3.8, 4) is 45.5 Å². The van der Waals surface area contributed by atoms with Gasteiger partial charge in [0.2, 0.25) is 0 Å². The Balaban J connectivity index is 1.37. The summed E-state index contributed by atoms with van der Waals surface area (Å²) in [6.45, 7) is 0. The van der Waals surface area contributed by atoms with Gasteiger partial charge >= 0.3 is 0 Å². The third-order valence-corrected chi connectivity index (χ3v) is 7.76. The number of aromatic nitrogens is 6. The van der Waals surface area contributed by atoms with Crippen LogP contribution in [0.15, 0.2) is 140 Å². The van der Waals surface area contributed by atoms with Crippen molar-refractivity contribution in [3.63, 3.8) is 0 Å². The number of hydrogen-bond donors (Lipinski definition) is 0. The van der Waals surface area contributed by atoms with E-state index in [1.54, 1.807) is 0 Å². The molecule has 0 aliphatic heterocycles. The van der Waals surface area contributed by atoms with E-state index in [-0.39, 0.29) is 0 Å². The van der Waals surface area contributed by atoms with Crippen LogP contribution in [-0.2, 0) is 7.05 Å². The van der Waals surface area contributed by atoms with Crippen molar-refractivity contribution in [2.45, 2.75) is 0 Å². The Morgan fingerprint density at radius 3 is 2.05 bits per heavy atom. The van der Waals surface area contributed by atoms with Crippen molar-refractivity contribution in [2.75, 3.05) is 0 Å². The summed E-state index contributed by atoms with van der Waals surface area (Å²) in [5, 5.41) is 7.42. The quantitative estimate of drug-likeness (QED) is 0.221. The SMILES string of the molecule is Cn1ccnc1-c1cccc(-n2c3ccccc3c3ccc(-n4nc(-c5ccccc5)nc4-c4ccccc4)cc32)c1. The van der Waals surface area contributed by atoms with Crippen molar-refractivity contribution in [1.82, 2.24) is 28.9 Å². The highest BCUT2D eigenvalue weighted by Crippen LogP contribution is 2.35. The summed E-state index contributed by atoms with van der Waals surface area (Å²) < 4.78 is 6.34. The Morgan fingerprint density at radius 2 is 1.26 bits per heavy atom. The molecule has 0 fully saturated rings. The predicted octanol–water partition coefficient (Wildman–Crippen LogP) is 8.10. The first-order valence-electron chi connectivity index (χ1n) is 13.9. The second-order valence-electron chi connectivity index (χ2n) is 10.4. The molecule has 0 saturated heterocycles. The van der Waals surface area contributed by atoms with Gasteiger partial charge in [-0.25, -0.2) is 14.6 Å². The minimum absolute atomic E-state index is 0.692. The number of aryl methyl sites for hydroxylation is 1. The Labute approximate surface area is 242 Å². The van der Waals surface area contributed by atoms with E-state index in [9.17, 15) is 0 Å². The summed E-state index contributed by atoms with van der Waals surface area (Å²) in [4.78, 5) is 9.60. The lowest BCUT2D eigenvalue weighted by atomic mass is 10.1. The summed E-state index contributed by atoms with van der Waals surface area (Å²) in [6.07, 6.45) is 3.81. The number of fused-ring (bicyclic) bond motifs is 3. The summed E-state index contributed by atoms with van der Waals surface area (Å²) in [5.41, 5.74) is 7.32. The molecular weight excluding hydrogens is 516 g/mol. The molecule has 0 N–H and O–H groups in total. The van der Waals surface area contributed by atoms with Gasteiger partial charge in [-0.15, -0.1) is 5.10 Å². The number of benzene rings is 5. The fourth-order valence-electron chi connectivity index (χ4n) is 5.77. The van der Waals surface area contributed by atoms with Gasteiger partial charge in [-0.2, -0.15) is 0 Å². The largest absolute Gasteiger partial charge is 0.334 e. The van der Waals surface area contributed by atoms with Crippen LogP contribution in [-0.4, -0.2) is 28.9 Å². The molecule has 0 atom stereocenters. The Morgan fingerprint density at radius 1 is 0.548 bits per heavy atom. The second kappa shape index (κ2) is 9.71. The molecule has 0 unspecified atom stereocenters. The van der Waals surface area contributed by atoms with Gasteiger partial charge in [0.25, 0.3) is 0 Å². The normalized spacial score (nSPS) is 11.5. The summed E-state index contributed by atoms with van der Waals surface area (Å²) in [7, 11) is 2.02. The third-order valence-electron chi connectivity index (χ3n) is 7.76. The van der Waals surface area contributed by atoms with E-state index >= 15 is 0 Å². The lowest BCUT2D eigenvalue weighted by molar-refractivity contribution is 0.891. The maximum Gasteiger partial charge on any atom is 0.182 e. The lowest BCUT2D eigenvalue weighted by Crippen LogP contribution is -2.01. The molecule has 6 heteroatoms. The zero-order chi connectivity index (χ0) is 28.0. The number of nitrogens with zero attached hydrogens (tertiary/aromatic N) is 6.